The summed E-state index contributed by atoms with van der Waals surface area (Å²) < 4.78 is 0.600. The number of rotatable bonds is 0. The van der Waals surface area contributed by atoms with Gasteiger partial charge >= 0.3 is 0 Å². The summed E-state index contributed by atoms with van der Waals surface area (Å²) in [5.74, 6) is 0.188. The molecule has 0 atom stereocenters. The summed E-state index contributed by atoms with van der Waals surface area (Å²) in [6, 6.07) is 0. The van der Waals surface area contributed by atoms with Gasteiger partial charge in [-0.15, -0.1) is 0 Å². The first-order valence-electron chi connectivity index (χ1n) is 2.28. The lowest BCUT2D eigenvalue weighted by atomic mass is 10.7. The van der Waals surface area contributed by atoms with Crippen LogP contribution in [0.25, 0.3) is 0 Å². The molecule has 1 aromatic heterocycles. The predicted molar refractivity (Wildman–Crippen MR) is 29.7 cm³/mol. The third kappa shape index (κ3) is 0.987. The van der Waals surface area contributed by atoms with Gasteiger partial charge in [0.1, 0.15) is 5.82 Å². The van der Waals surface area contributed by atoms with Gasteiger partial charge in [0.05, 0.1) is 12.4 Å². The second-order valence-corrected chi connectivity index (χ2v) is 1.54. The molecule has 48 valence electrons. The maximum atomic E-state index is 8.71. The molecular weight excluding hydrogens is 120 g/mol. The Hall–Kier alpha value is -1.52. The molecule has 0 unspecified atom stereocenters. The van der Waals surface area contributed by atoms with Crippen LogP contribution in [0, 0.1) is 5.41 Å². The standard InChI is InChI=1S/C4H6N4O/c5-3-2-8(9)4(6)1-7-3/h1-2,6,9H,5H2. The van der Waals surface area contributed by atoms with Crippen molar-refractivity contribution in [3.8, 4) is 0 Å². The summed E-state index contributed by atoms with van der Waals surface area (Å²) in [6.45, 7) is 0. The quantitative estimate of drug-likeness (QED) is 0.397. The molecule has 5 heteroatoms. The van der Waals surface area contributed by atoms with Gasteiger partial charge in [-0.05, 0) is 0 Å². The van der Waals surface area contributed by atoms with Gasteiger partial charge in [-0.25, -0.2) is 4.98 Å². The number of nitrogen functional groups attached to an aromatic ring is 1. The van der Waals surface area contributed by atoms with E-state index in [4.69, 9.17) is 16.4 Å². The minimum atomic E-state index is -0.0933. The van der Waals surface area contributed by atoms with Crippen molar-refractivity contribution in [2.24, 2.45) is 0 Å². The van der Waals surface area contributed by atoms with Gasteiger partial charge in [0.15, 0.2) is 5.49 Å². The van der Waals surface area contributed by atoms with E-state index in [9.17, 15) is 0 Å². The van der Waals surface area contributed by atoms with Gasteiger partial charge in [0, 0.05) is 0 Å². The van der Waals surface area contributed by atoms with Crippen LogP contribution in [0.3, 0.4) is 0 Å². The van der Waals surface area contributed by atoms with Crippen LogP contribution in [0.5, 0.6) is 0 Å². The first-order valence-corrected chi connectivity index (χ1v) is 2.28. The van der Waals surface area contributed by atoms with Crippen LogP contribution >= 0.6 is 0 Å². The lowest BCUT2D eigenvalue weighted by Gasteiger charge is -1.94. The largest absolute Gasteiger partial charge is 0.427 e. The number of hydrogen-bond acceptors (Lipinski definition) is 4. The van der Waals surface area contributed by atoms with Gasteiger partial charge in [0.2, 0.25) is 0 Å². The monoisotopic (exact) mass is 126 g/mol. The van der Waals surface area contributed by atoms with Crippen molar-refractivity contribution in [2.75, 3.05) is 5.73 Å². The van der Waals surface area contributed by atoms with Crippen molar-refractivity contribution >= 4 is 5.82 Å². The van der Waals surface area contributed by atoms with Gasteiger partial charge in [-0.2, -0.15) is 4.73 Å². The molecule has 0 spiro atoms. The second kappa shape index (κ2) is 1.77. The Bertz CT molecular complexity index is 266. The van der Waals surface area contributed by atoms with Crippen LogP contribution in [-0.4, -0.2) is 14.9 Å². The molecule has 4 N–H and O–H groups in total. The summed E-state index contributed by atoms with van der Waals surface area (Å²) in [4.78, 5) is 3.55. The summed E-state index contributed by atoms with van der Waals surface area (Å²) in [7, 11) is 0. The Morgan fingerprint density at radius 1 is 1.78 bits per heavy atom. The van der Waals surface area contributed by atoms with E-state index < -0.39 is 0 Å². The fraction of sp³-hybridized carbons (Fsp3) is 0. The maximum absolute atomic E-state index is 8.71. The highest BCUT2D eigenvalue weighted by molar-refractivity contribution is 5.20. The zero-order valence-corrected chi connectivity index (χ0v) is 4.57. The van der Waals surface area contributed by atoms with Crippen molar-refractivity contribution in [1.82, 2.24) is 9.71 Å². The first kappa shape index (κ1) is 5.61. The highest BCUT2D eigenvalue weighted by Crippen LogP contribution is 1.84. The van der Waals surface area contributed by atoms with Crippen molar-refractivity contribution in [3.05, 3.63) is 17.9 Å². The molecule has 0 aromatic carbocycles. The minimum Gasteiger partial charge on any atom is -0.427 e. The summed E-state index contributed by atoms with van der Waals surface area (Å²) in [5, 5.41) is 15.6. The second-order valence-electron chi connectivity index (χ2n) is 1.54. The van der Waals surface area contributed by atoms with Crippen LogP contribution in [0.2, 0.25) is 0 Å². The SMILES string of the molecule is N=c1cnc(N)cn1O. The Morgan fingerprint density at radius 3 is 2.89 bits per heavy atom. The number of anilines is 1. The van der Waals surface area contributed by atoms with E-state index in [1.807, 2.05) is 0 Å². The Balaban J connectivity index is 3.34. The van der Waals surface area contributed by atoms with Crippen LogP contribution < -0.4 is 11.2 Å². The lowest BCUT2D eigenvalue weighted by molar-refractivity contribution is 0.170. The Morgan fingerprint density at radius 2 is 2.44 bits per heavy atom. The summed E-state index contributed by atoms with van der Waals surface area (Å²) in [6.07, 6.45) is 2.32. The molecule has 0 saturated heterocycles. The third-order valence-corrected chi connectivity index (χ3v) is 0.837. The van der Waals surface area contributed by atoms with E-state index in [-0.39, 0.29) is 11.3 Å². The van der Waals surface area contributed by atoms with E-state index >= 15 is 0 Å². The Labute approximate surface area is 50.9 Å². The van der Waals surface area contributed by atoms with Gasteiger partial charge in [-0.1, -0.05) is 0 Å². The molecule has 0 fully saturated rings. The van der Waals surface area contributed by atoms with E-state index in [1.165, 1.54) is 0 Å². The molecule has 0 saturated carbocycles. The molecule has 5 nitrogen and oxygen atoms in total. The van der Waals surface area contributed by atoms with Crippen LogP contribution in [-0.2, 0) is 0 Å². The van der Waals surface area contributed by atoms with Crippen LogP contribution in [0.4, 0.5) is 5.82 Å². The van der Waals surface area contributed by atoms with Crippen molar-refractivity contribution in [1.29, 1.82) is 5.41 Å². The van der Waals surface area contributed by atoms with Crippen LogP contribution in [0.1, 0.15) is 0 Å². The number of nitrogens with zero attached hydrogens (tertiary/aromatic N) is 2. The number of aromatic nitrogens is 2. The van der Waals surface area contributed by atoms with Crippen molar-refractivity contribution in [3.63, 3.8) is 0 Å². The highest BCUT2D eigenvalue weighted by Gasteiger charge is 1.87. The summed E-state index contributed by atoms with van der Waals surface area (Å²) >= 11 is 0. The topological polar surface area (TPSA) is 87.9 Å². The van der Waals surface area contributed by atoms with Crippen LogP contribution in [0.15, 0.2) is 12.4 Å². The Kier molecular flexibility index (Phi) is 1.11. The van der Waals surface area contributed by atoms with E-state index in [0.29, 0.717) is 4.73 Å². The van der Waals surface area contributed by atoms with Gasteiger partial charge in [0.25, 0.3) is 0 Å². The molecule has 0 aliphatic rings. The smallest absolute Gasteiger partial charge is 0.179 e. The number of nitrogens with two attached hydrogens (primary N) is 1. The third-order valence-electron chi connectivity index (χ3n) is 0.837. The zero-order valence-electron chi connectivity index (χ0n) is 4.57. The van der Waals surface area contributed by atoms with Crippen molar-refractivity contribution < 1.29 is 5.21 Å². The summed E-state index contributed by atoms with van der Waals surface area (Å²) in [5.41, 5.74) is 5.06. The average Bonchev–Trinajstić information content (AvgIpc) is 1.80. The normalized spacial score (nSPS) is 9.33. The molecule has 0 aliphatic carbocycles. The fourth-order valence-electron chi connectivity index (χ4n) is 0.423. The molecule has 0 amide bonds. The predicted octanol–water partition coefficient (Wildman–Crippen LogP) is -0.818. The fourth-order valence-corrected chi connectivity index (χ4v) is 0.423. The van der Waals surface area contributed by atoms with E-state index in [1.54, 1.807) is 0 Å². The average molecular weight is 126 g/mol. The highest BCUT2D eigenvalue weighted by atomic mass is 16.5. The number of nitrogens with one attached hydrogen (secondary N) is 1. The molecule has 0 radical (unpaired) electrons. The van der Waals surface area contributed by atoms with Crippen molar-refractivity contribution in [2.45, 2.75) is 0 Å². The first-order chi connectivity index (χ1) is 4.20. The van der Waals surface area contributed by atoms with Gasteiger partial charge < -0.3 is 10.9 Å². The molecule has 0 bridgehead atoms. The molecular formula is C4H6N4O. The van der Waals surface area contributed by atoms with Gasteiger partial charge in [-0.3, -0.25) is 5.41 Å². The molecule has 1 heterocycles. The molecule has 1 aromatic rings. The number of hydrogen-bond donors (Lipinski definition) is 3. The lowest BCUT2D eigenvalue weighted by Crippen LogP contribution is -2.17. The van der Waals surface area contributed by atoms with E-state index in [2.05, 4.69) is 4.98 Å². The maximum Gasteiger partial charge on any atom is 0.179 e. The molecule has 1 rings (SSSR count). The zero-order chi connectivity index (χ0) is 6.85. The van der Waals surface area contributed by atoms with E-state index in [0.717, 1.165) is 12.4 Å². The minimum absolute atomic E-state index is 0.0933. The molecule has 9 heavy (non-hydrogen) atoms. The molecule has 0 aliphatic heterocycles.